The van der Waals surface area contributed by atoms with Crippen LogP contribution in [0.25, 0.3) is 0 Å². The van der Waals surface area contributed by atoms with Gasteiger partial charge >= 0.3 is 5.97 Å². The Hall–Kier alpha value is -3.22. The Bertz CT molecular complexity index is 822. The minimum atomic E-state index is -0.702. The summed E-state index contributed by atoms with van der Waals surface area (Å²) in [4.78, 5) is 24.9. The molecule has 0 aliphatic carbocycles. The molecule has 1 aliphatic rings. The molecule has 0 saturated heterocycles. The lowest BCUT2D eigenvalue weighted by Crippen LogP contribution is -2.16. The van der Waals surface area contributed by atoms with E-state index in [2.05, 4.69) is 0 Å². The van der Waals surface area contributed by atoms with Crippen molar-refractivity contribution in [1.82, 2.24) is 0 Å². The van der Waals surface area contributed by atoms with Gasteiger partial charge < -0.3 is 23.7 Å². The van der Waals surface area contributed by atoms with Crippen LogP contribution < -0.4 is 18.9 Å². The molecule has 0 spiro atoms. The molecule has 0 amide bonds. The van der Waals surface area contributed by atoms with Crippen LogP contribution in [0.3, 0.4) is 0 Å². The monoisotopic (exact) mass is 372 g/mol. The molecule has 27 heavy (non-hydrogen) atoms. The summed E-state index contributed by atoms with van der Waals surface area (Å²) in [5, 5.41) is 0. The normalized spacial score (nSPS) is 12.7. The predicted molar refractivity (Wildman–Crippen MR) is 96.2 cm³/mol. The molecule has 0 unspecified atom stereocenters. The number of ketones is 1. The number of hydrogen-bond acceptors (Lipinski definition) is 7. The van der Waals surface area contributed by atoms with E-state index in [9.17, 15) is 9.59 Å². The fraction of sp³-hybridized carbons (Fsp3) is 0.300. The van der Waals surface area contributed by atoms with Crippen LogP contribution in [0.15, 0.2) is 36.4 Å². The Morgan fingerprint density at radius 2 is 1.63 bits per heavy atom. The average molecular weight is 372 g/mol. The summed E-state index contributed by atoms with van der Waals surface area (Å²) in [7, 11) is 2.88. The standard InChI is InChI=1S/C20H20O7/c1-23-16-5-3-6-17(24-2)19(16)20(22)27-12-14(21)13-7-8-15-18(11-13)26-10-4-9-25-15/h3,5-8,11H,4,9-10,12H2,1-2H3. The number of methoxy groups -OCH3 is 2. The number of rotatable bonds is 6. The number of carbonyl (C=O) groups is 2. The van der Waals surface area contributed by atoms with Crippen molar-refractivity contribution in [3.8, 4) is 23.0 Å². The molecular weight excluding hydrogens is 352 g/mol. The van der Waals surface area contributed by atoms with Crippen molar-refractivity contribution in [2.24, 2.45) is 0 Å². The fourth-order valence-electron chi connectivity index (χ4n) is 2.68. The third-order valence-electron chi connectivity index (χ3n) is 4.04. The zero-order chi connectivity index (χ0) is 19.2. The van der Waals surface area contributed by atoms with Gasteiger partial charge in [-0.1, -0.05) is 6.07 Å². The van der Waals surface area contributed by atoms with E-state index in [0.29, 0.717) is 41.8 Å². The minimum absolute atomic E-state index is 0.133. The van der Waals surface area contributed by atoms with E-state index >= 15 is 0 Å². The van der Waals surface area contributed by atoms with Crippen LogP contribution in [0.5, 0.6) is 23.0 Å². The molecule has 1 heterocycles. The summed E-state index contributed by atoms with van der Waals surface area (Å²) < 4.78 is 26.7. The Morgan fingerprint density at radius 1 is 0.963 bits per heavy atom. The maximum Gasteiger partial charge on any atom is 0.346 e. The lowest BCUT2D eigenvalue weighted by atomic mass is 10.1. The summed E-state index contributed by atoms with van der Waals surface area (Å²) in [6.45, 7) is 0.672. The summed E-state index contributed by atoms with van der Waals surface area (Å²) >= 11 is 0. The average Bonchev–Trinajstić information content (AvgIpc) is 2.95. The molecular formula is C20H20O7. The Balaban J connectivity index is 1.71. The largest absolute Gasteiger partial charge is 0.496 e. The molecule has 0 bridgehead atoms. The Morgan fingerprint density at radius 3 is 2.30 bits per heavy atom. The number of ether oxygens (including phenoxy) is 5. The molecule has 2 aromatic carbocycles. The lowest BCUT2D eigenvalue weighted by Gasteiger charge is -2.12. The van der Waals surface area contributed by atoms with Crippen molar-refractivity contribution in [3.63, 3.8) is 0 Å². The summed E-state index contributed by atoms with van der Waals surface area (Å²) in [5.41, 5.74) is 0.507. The summed E-state index contributed by atoms with van der Waals surface area (Å²) in [6, 6.07) is 9.82. The number of carbonyl (C=O) groups excluding carboxylic acids is 2. The van der Waals surface area contributed by atoms with E-state index in [1.54, 1.807) is 36.4 Å². The van der Waals surface area contributed by atoms with Crippen LogP contribution in [0.1, 0.15) is 27.1 Å². The van der Waals surface area contributed by atoms with Gasteiger partial charge in [-0.15, -0.1) is 0 Å². The second-order valence-corrected chi connectivity index (χ2v) is 5.75. The van der Waals surface area contributed by atoms with Crippen LogP contribution >= 0.6 is 0 Å². The molecule has 1 aliphatic heterocycles. The summed E-state index contributed by atoms with van der Waals surface area (Å²) in [6.07, 6.45) is 0.774. The molecule has 142 valence electrons. The van der Waals surface area contributed by atoms with E-state index in [1.165, 1.54) is 14.2 Å². The second-order valence-electron chi connectivity index (χ2n) is 5.75. The highest BCUT2D eigenvalue weighted by molar-refractivity contribution is 6.01. The molecule has 0 radical (unpaired) electrons. The molecule has 7 heteroatoms. The van der Waals surface area contributed by atoms with Gasteiger partial charge in [0.05, 0.1) is 27.4 Å². The molecule has 0 saturated carbocycles. The first-order valence-corrected chi connectivity index (χ1v) is 8.45. The van der Waals surface area contributed by atoms with Crippen LogP contribution in [0, 0.1) is 0 Å². The first kappa shape index (κ1) is 18.6. The predicted octanol–water partition coefficient (Wildman–Crippen LogP) is 2.90. The van der Waals surface area contributed by atoms with Crippen molar-refractivity contribution < 1.29 is 33.3 Å². The van der Waals surface area contributed by atoms with Gasteiger partial charge in [-0.25, -0.2) is 4.79 Å². The van der Waals surface area contributed by atoms with Crippen LogP contribution in [-0.4, -0.2) is 45.8 Å². The van der Waals surface area contributed by atoms with Crippen molar-refractivity contribution >= 4 is 11.8 Å². The maximum atomic E-state index is 12.4. The van der Waals surface area contributed by atoms with E-state index in [0.717, 1.165) is 6.42 Å². The highest BCUT2D eigenvalue weighted by Gasteiger charge is 2.21. The zero-order valence-electron chi connectivity index (χ0n) is 15.2. The van der Waals surface area contributed by atoms with Crippen LogP contribution in [0.2, 0.25) is 0 Å². The maximum absolute atomic E-state index is 12.4. The van der Waals surface area contributed by atoms with E-state index in [4.69, 9.17) is 23.7 Å². The van der Waals surface area contributed by atoms with E-state index in [-0.39, 0.29) is 11.3 Å². The van der Waals surface area contributed by atoms with Crippen molar-refractivity contribution in [2.75, 3.05) is 34.0 Å². The van der Waals surface area contributed by atoms with Gasteiger partial charge in [-0.2, -0.15) is 0 Å². The Labute approximate surface area is 156 Å². The first-order valence-electron chi connectivity index (χ1n) is 8.45. The van der Waals surface area contributed by atoms with Crippen molar-refractivity contribution in [1.29, 1.82) is 0 Å². The number of esters is 1. The number of Topliss-reactive ketones (excluding diaryl/α,β-unsaturated/α-hetero) is 1. The number of fused-ring (bicyclic) bond motifs is 1. The van der Waals surface area contributed by atoms with E-state index < -0.39 is 12.6 Å². The SMILES string of the molecule is COc1cccc(OC)c1C(=O)OCC(=O)c1ccc2c(c1)OCCCO2. The van der Waals surface area contributed by atoms with Gasteiger partial charge in [0.2, 0.25) is 0 Å². The molecule has 0 atom stereocenters. The quantitative estimate of drug-likeness (QED) is 0.570. The fourth-order valence-corrected chi connectivity index (χ4v) is 2.68. The topological polar surface area (TPSA) is 80.3 Å². The van der Waals surface area contributed by atoms with Gasteiger partial charge in [-0.3, -0.25) is 4.79 Å². The molecule has 2 aromatic rings. The third-order valence-corrected chi connectivity index (χ3v) is 4.04. The molecule has 0 aromatic heterocycles. The molecule has 0 N–H and O–H groups in total. The second kappa shape index (κ2) is 8.44. The number of hydrogen-bond donors (Lipinski definition) is 0. The molecule has 3 rings (SSSR count). The van der Waals surface area contributed by atoms with Crippen LogP contribution in [0.4, 0.5) is 0 Å². The molecule has 7 nitrogen and oxygen atoms in total. The van der Waals surface area contributed by atoms with Gasteiger partial charge in [0.25, 0.3) is 0 Å². The smallest absolute Gasteiger partial charge is 0.346 e. The van der Waals surface area contributed by atoms with Crippen molar-refractivity contribution in [3.05, 3.63) is 47.5 Å². The van der Waals surface area contributed by atoms with E-state index in [1.807, 2.05) is 0 Å². The van der Waals surface area contributed by atoms with Gasteiger partial charge in [0, 0.05) is 12.0 Å². The zero-order valence-corrected chi connectivity index (χ0v) is 15.2. The first-order chi connectivity index (χ1) is 13.1. The number of benzene rings is 2. The minimum Gasteiger partial charge on any atom is -0.496 e. The highest BCUT2D eigenvalue weighted by Crippen LogP contribution is 2.31. The highest BCUT2D eigenvalue weighted by atomic mass is 16.5. The van der Waals surface area contributed by atoms with Gasteiger partial charge in [0.15, 0.2) is 23.9 Å². The van der Waals surface area contributed by atoms with Gasteiger partial charge in [0.1, 0.15) is 17.1 Å². The van der Waals surface area contributed by atoms with Crippen LogP contribution in [-0.2, 0) is 4.74 Å². The Kier molecular flexibility index (Phi) is 5.80. The molecule has 0 fully saturated rings. The third kappa shape index (κ3) is 4.13. The lowest BCUT2D eigenvalue weighted by molar-refractivity contribution is 0.0468. The van der Waals surface area contributed by atoms with Crippen molar-refractivity contribution in [2.45, 2.75) is 6.42 Å². The van der Waals surface area contributed by atoms with Gasteiger partial charge in [-0.05, 0) is 30.3 Å². The summed E-state index contributed by atoms with van der Waals surface area (Å²) in [5.74, 6) is 0.667.